The van der Waals surface area contributed by atoms with Gasteiger partial charge in [-0.15, -0.1) is 0 Å². The van der Waals surface area contributed by atoms with Crippen LogP contribution < -0.4 is 5.32 Å². The molecule has 0 radical (unpaired) electrons. The van der Waals surface area contributed by atoms with Gasteiger partial charge in [-0.25, -0.2) is 4.98 Å². The van der Waals surface area contributed by atoms with E-state index in [-0.39, 0.29) is 5.91 Å². The molecule has 0 bridgehead atoms. The van der Waals surface area contributed by atoms with E-state index in [0.717, 1.165) is 18.7 Å². The maximum atomic E-state index is 12.2. The standard InChI is InChI=1S/C17H28N4O/c1-5-6-14-10-21(11-15(14)20(3)4)12-17(22)19-16-8-7-13(2)9-18-16/h7-9,14-15H,5-6,10-12H2,1-4H3,(H,18,19,22)/t14-,15-/m0/s1. The second-order valence-electron chi connectivity index (χ2n) is 6.54. The van der Waals surface area contributed by atoms with Gasteiger partial charge in [0.15, 0.2) is 0 Å². The zero-order valence-corrected chi connectivity index (χ0v) is 14.2. The molecule has 2 heterocycles. The molecule has 1 aliphatic heterocycles. The number of carbonyl (C=O) groups is 1. The van der Waals surface area contributed by atoms with Crippen molar-refractivity contribution in [2.75, 3.05) is 39.0 Å². The van der Waals surface area contributed by atoms with Gasteiger partial charge >= 0.3 is 0 Å². The van der Waals surface area contributed by atoms with Crippen LogP contribution in [0.25, 0.3) is 0 Å². The second-order valence-corrected chi connectivity index (χ2v) is 6.54. The normalized spacial score (nSPS) is 22.2. The number of carbonyl (C=O) groups excluding carboxylic acids is 1. The highest BCUT2D eigenvalue weighted by atomic mass is 16.2. The first-order valence-corrected chi connectivity index (χ1v) is 8.11. The van der Waals surface area contributed by atoms with E-state index in [9.17, 15) is 4.79 Å². The van der Waals surface area contributed by atoms with Gasteiger partial charge in [0.05, 0.1) is 6.54 Å². The number of rotatable bonds is 6. The Labute approximate surface area is 133 Å². The van der Waals surface area contributed by atoms with Gasteiger partial charge in [0.2, 0.25) is 5.91 Å². The Kier molecular flexibility index (Phi) is 5.91. The molecule has 1 saturated heterocycles. The molecule has 0 saturated carbocycles. The third-order valence-corrected chi connectivity index (χ3v) is 4.35. The summed E-state index contributed by atoms with van der Waals surface area (Å²) in [7, 11) is 4.26. The fourth-order valence-electron chi connectivity index (χ4n) is 3.24. The van der Waals surface area contributed by atoms with Crippen LogP contribution in [0, 0.1) is 12.8 Å². The Hall–Kier alpha value is -1.46. The number of likely N-dealkylation sites (tertiary alicyclic amines) is 1. The maximum Gasteiger partial charge on any atom is 0.239 e. The molecule has 2 atom stereocenters. The Bertz CT molecular complexity index is 486. The highest BCUT2D eigenvalue weighted by molar-refractivity contribution is 5.91. The van der Waals surface area contributed by atoms with Crippen LogP contribution in [0.4, 0.5) is 5.82 Å². The van der Waals surface area contributed by atoms with E-state index in [1.807, 2.05) is 19.1 Å². The third kappa shape index (κ3) is 4.52. The minimum atomic E-state index is 0.0195. The lowest BCUT2D eigenvalue weighted by Crippen LogP contribution is -2.36. The Morgan fingerprint density at radius 1 is 1.41 bits per heavy atom. The second kappa shape index (κ2) is 7.70. The van der Waals surface area contributed by atoms with Gasteiger partial charge in [-0.2, -0.15) is 0 Å². The van der Waals surface area contributed by atoms with E-state index in [1.54, 1.807) is 6.20 Å². The molecule has 22 heavy (non-hydrogen) atoms. The summed E-state index contributed by atoms with van der Waals surface area (Å²) >= 11 is 0. The highest BCUT2D eigenvalue weighted by Gasteiger charge is 2.34. The molecule has 0 unspecified atom stereocenters. The van der Waals surface area contributed by atoms with Crippen molar-refractivity contribution in [3.8, 4) is 0 Å². The lowest BCUT2D eigenvalue weighted by atomic mass is 9.98. The number of hydrogen-bond acceptors (Lipinski definition) is 4. The average Bonchev–Trinajstić information content (AvgIpc) is 2.84. The van der Waals surface area contributed by atoms with Crippen molar-refractivity contribution in [3.63, 3.8) is 0 Å². The Morgan fingerprint density at radius 3 is 2.77 bits per heavy atom. The molecule has 1 aromatic heterocycles. The summed E-state index contributed by atoms with van der Waals surface area (Å²) in [5.41, 5.74) is 1.09. The minimum Gasteiger partial charge on any atom is -0.310 e. The molecule has 0 aliphatic carbocycles. The van der Waals surface area contributed by atoms with E-state index in [2.05, 4.69) is 41.1 Å². The van der Waals surface area contributed by atoms with E-state index in [1.165, 1.54) is 12.8 Å². The smallest absolute Gasteiger partial charge is 0.239 e. The van der Waals surface area contributed by atoms with Crippen LogP contribution in [-0.4, -0.2) is 60.5 Å². The Morgan fingerprint density at radius 2 is 2.18 bits per heavy atom. The van der Waals surface area contributed by atoms with Gasteiger partial charge in [-0.3, -0.25) is 9.69 Å². The predicted molar refractivity (Wildman–Crippen MR) is 89.9 cm³/mol. The fourth-order valence-corrected chi connectivity index (χ4v) is 3.24. The molecule has 2 rings (SSSR count). The van der Waals surface area contributed by atoms with E-state index < -0.39 is 0 Å². The zero-order chi connectivity index (χ0) is 16.1. The van der Waals surface area contributed by atoms with Crippen LogP contribution in [0.1, 0.15) is 25.3 Å². The molecule has 1 amide bonds. The van der Waals surface area contributed by atoms with Crippen molar-refractivity contribution in [2.24, 2.45) is 5.92 Å². The first kappa shape index (κ1) is 16.9. The van der Waals surface area contributed by atoms with E-state index in [0.29, 0.717) is 24.3 Å². The van der Waals surface area contributed by atoms with Crippen molar-refractivity contribution in [1.29, 1.82) is 0 Å². The van der Waals surface area contributed by atoms with Crippen molar-refractivity contribution in [2.45, 2.75) is 32.7 Å². The topological polar surface area (TPSA) is 48.5 Å². The SMILES string of the molecule is CCC[C@H]1CN(CC(=O)Nc2ccc(C)cn2)C[C@@H]1N(C)C. The van der Waals surface area contributed by atoms with Crippen LogP contribution in [0.15, 0.2) is 18.3 Å². The number of nitrogens with zero attached hydrogens (tertiary/aromatic N) is 3. The first-order chi connectivity index (χ1) is 10.5. The van der Waals surface area contributed by atoms with Gasteiger partial charge in [0.1, 0.15) is 5.82 Å². The zero-order valence-electron chi connectivity index (χ0n) is 14.2. The molecule has 1 fully saturated rings. The monoisotopic (exact) mass is 304 g/mol. The number of pyridine rings is 1. The summed E-state index contributed by atoms with van der Waals surface area (Å²) in [6, 6.07) is 4.35. The van der Waals surface area contributed by atoms with E-state index >= 15 is 0 Å². The summed E-state index contributed by atoms with van der Waals surface area (Å²) in [5, 5.41) is 2.88. The highest BCUT2D eigenvalue weighted by Crippen LogP contribution is 2.24. The summed E-state index contributed by atoms with van der Waals surface area (Å²) in [5.74, 6) is 1.31. The van der Waals surface area contributed by atoms with Crippen molar-refractivity contribution >= 4 is 11.7 Å². The van der Waals surface area contributed by atoms with Crippen molar-refractivity contribution in [1.82, 2.24) is 14.8 Å². The number of nitrogens with one attached hydrogen (secondary N) is 1. The molecule has 1 aliphatic rings. The van der Waals surface area contributed by atoms with Crippen LogP contribution in [0.5, 0.6) is 0 Å². The summed E-state index contributed by atoms with van der Waals surface area (Å²) in [6.07, 6.45) is 4.19. The molecule has 0 spiro atoms. The number of anilines is 1. The molecule has 1 aromatic rings. The number of aryl methyl sites for hydroxylation is 1. The van der Waals surface area contributed by atoms with Crippen molar-refractivity contribution in [3.05, 3.63) is 23.9 Å². The summed E-state index contributed by atoms with van der Waals surface area (Å²) < 4.78 is 0. The van der Waals surface area contributed by atoms with Gasteiger partial charge < -0.3 is 10.2 Å². The molecular formula is C17H28N4O. The summed E-state index contributed by atoms with van der Waals surface area (Å²) in [6.45, 7) is 6.63. The molecule has 122 valence electrons. The summed E-state index contributed by atoms with van der Waals surface area (Å²) in [4.78, 5) is 21.0. The fraction of sp³-hybridized carbons (Fsp3) is 0.647. The van der Waals surface area contributed by atoms with Gasteiger partial charge in [0.25, 0.3) is 0 Å². The minimum absolute atomic E-state index is 0.0195. The lowest BCUT2D eigenvalue weighted by molar-refractivity contribution is -0.117. The molecule has 5 heteroatoms. The predicted octanol–water partition coefficient (Wildman–Crippen LogP) is 1.99. The quantitative estimate of drug-likeness (QED) is 0.873. The third-order valence-electron chi connectivity index (χ3n) is 4.35. The molecule has 0 aromatic carbocycles. The largest absolute Gasteiger partial charge is 0.310 e. The number of aromatic nitrogens is 1. The number of hydrogen-bond donors (Lipinski definition) is 1. The average molecular weight is 304 g/mol. The van der Waals surface area contributed by atoms with Gasteiger partial charge in [-0.05, 0) is 45.0 Å². The maximum absolute atomic E-state index is 12.2. The van der Waals surface area contributed by atoms with Crippen molar-refractivity contribution < 1.29 is 4.79 Å². The van der Waals surface area contributed by atoms with Gasteiger partial charge in [-0.1, -0.05) is 19.4 Å². The molecule has 5 nitrogen and oxygen atoms in total. The van der Waals surface area contributed by atoms with Crippen LogP contribution in [0.2, 0.25) is 0 Å². The molecular weight excluding hydrogens is 276 g/mol. The number of likely N-dealkylation sites (N-methyl/N-ethyl adjacent to an activating group) is 1. The van der Waals surface area contributed by atoms with Gasteiger partial charge in [0, 0.05) is 25.3 Å². The lowest BCUT2D eigenvalue weighted by Gasteiger charge is -2.24. The number of amides is 1. The Balaban J connectivity index is 1.87. The van der Waals surface area contributed by atoms with Crippen LogP contribution in [0.3, 0.4) is 0 Å². The first-order valence-electron chi connectivity index (χ1n) is 8.11. The molecule has 1 N–H and O–H groups in total. The van der Waals surface area contributed by atoms with Crippen LogP contribution >= 0.6 is 0 Å². The van der Waals surface area contributed by atoms with E-state index in [4.69, 9.17) is 0 Å². The van der Waals surface area contributed by atoms with Crippen LogP contribution in [-0.2, 0) is 4.79 Å².